The molecule has 1 amide bonds. The molecule has 1 heterocycles. The van der Waals surface area contributed by atoms with Crippen molar-refractivity contribution in [1.82, 2.24) is 4.98 Å². The monoisotopic (exact) mass is 371 g/mol. The van der Waals surface area contributed by atoms with Crippen LogP contribution >= 0.6 is 0 Å². The van der Waals surface area contributed by atoms with Crippen LogP contribution in [0.3, 0.4) is 0 Å². The minimum absolute atomic E-state index is 0.0878. The molecule has 0 bridgehead atoms. The van der Waals surface area contributed by atoms with Gasteiger partial charge in [0.05, 0.1) is 10.6 Å². The summed E-state index contributed by atoms with van der Waals surface area (Å²) in [6.07, 6.45) is 1.54. The van der Waals surface area contributed by atoms with E-state index < -0.39 is 21.7 Å². The first-order chi connectivity index (χ1) is 12.5. The second-order valence-electron chi connectivity index (χ2n) is 5.28. The first-order valence-electron chi connectivity index (χ1n) is 7.55. The highest BCUT2D eigenvalue weighted by Crippen LogP contribution is 2.19. The van der Waals surface area contributed by atoms with Crippen LogP contribution in [0, 0.1) is 5.82 Å². The fraction of sp³-hybridized carbons (Fsp3) is 0. The lowest BCUT2D eigenvalue weighted by Crippen LogP contribution is -2.15. The molecule has 0 saturated carbocycles. The molecule has 0 atom stereocenters. The molecule has 3 rings (SSSR count). The molecule has 0 fully saturated rings. The Balaban J connectivity index is 1.76. The number of aromatic nitrogens is 1. The van der Waals surface area contributed by atoms with Crippen molar-refractivity contribution in [2.24, 2.45) is 0 Å². The van der Waals surface area contributed by atoms with Gasteiger partial charge in [0, 0.05) is 11.8 Å². The Kier molecular flexibility index (Phi) is 4.94. The Morgan fingerprint density at radius 1 is 0.923 bits per heavy atom. The number of hydrogen-bond acceptors (Lipinski definition) is 4. The lowest BCUT2D eigenvalue weighted by atomic mass is 10.2. The summed E-state index contributed by atoms with van der Waals surface area (Å²) in [7, 11) is -3.97. The van der Waals surface area contributed by atoms with Crippen LogP contribution in [0.4, 0.5) is 15.9 Å². The fourth-order valence-corrected chi connectivity index (χ4v) is 3.23. The molecule has 0 aliphatic carbocycles. The Hall–Kier alpha value is -3.26. The number of hydrogen-bond donors (Lipinski definition) is 2. The van der Waals surface area contributed by atoms with Gasteiger partial charge in [0.15, 0.2) is 0 Å². The molecule has 6 nitrogen and oxygen atoms in total. The molecule has 0 saturated heterocycles. The average Bonchev–Trinajstić information content (AvgIpc) is 2.64. The van der Waals surface area contributed by atoms with Gasteiger partial charge in [-0.25, -0.2) is 17.8 Å². The minimum Gasteiger partial charge on any atom is -0.307 e. The van der Waals surface area contributed by atoms with Crippen molar-refractivity contribution < 1.29 is 17.6 Å². The molecule has 0 spiro atoms. The van der Waals surface area contributed by atoms with Crippen LogP contribution in [-0.4, -0.2) is 19.3 Å². The zero-order valence-electron chi connectivity index (χ0n) is 13.4. The number of para-hydroxylation sites is 1. The number of nitrogens with one attached hydrogen (secondary N) is 2. The summed E-state index contributed by atoms with van der Waals surface area (Å²) in [5.41, 5.74) is 0.116. The second-order valence-corrected chi connectivity index (χ2v) is 6.96. The highest BCUT2D eigenvalue weighted by molar-refractivity contribution is 7.92. The van der Waals surface area contributed by atoms with E-state index in [2.05, 4.69) is 15.0 Å². The van der Waals surface area contributed by atoms with Crippen molar-refractivity contribution in [3.63, 3.8) is 0 Å². The maximum atomic E-state index is 13.6. The SMILES string of the molecule is O=C(Nc1ccccn1)c1ccc(S(=O)(=O)Nc2ccccc2F)cc1. The number of pyridine rings is 1. The predicted molar refractivity (Wildman–Crippen MR) is 95.8 cm³/mol. The number of benzene rings is 2. The summed E-state index contributed by atoms with van der Waals surface area (Å²) in [4.78, 5) is 16.0. The van der Waals surface area contributed by atoms with Crippen LogP contribution in [-0.2, 0) is 10.0 Å². The van der Waals surface area contributed by atoms with Crippen LogP contribution in [0.1, 0.15) is 10.4 Å². The second kappa shape index (κ2) is 7.32. The number of nitrogens with zero attached hydrogens (tertiary/aromatic N) is 1. The predicted octanol–water partition coefficient (Wildman–Crippen LogP) is 3.27. The zero-order chi connectivity index (χ0) is 18.6. The Morgan fingerprint density at radius 3 is 2.27 bits per heavy atom. The number of halogens is 1. The van der Waals surface area contributed by atoms with Crippen molar-refractivity contribution >= 4 is 27.4 Å². The van der Waals surface area contributed by atoms with Crippen molar-refractivity contribution in [2.75, 3.05) is 10.0 Å². The van der Waals surface area contributed by atoms with E-state index in [0.29, 0.717) is 5.82 Å². The molecule has 0 aliphatic rings. The van der Waals surface area contributed by atoms with Crippen molar-refractivity contribution in [2.45, 2.75) is 4.90 Å². The maximum Gasteiger partial charge on any atom is 0.261 e. The van der Waals surface area contributed by atoms with Crippen LogP contribution in [0.5, 0.6) is 0 Å². The van der Waals surface area contributed by atoms with E-state index in [1.807, 2.05) is 0 Å². The Morgan fingerprint density at radius 2 is 1.62 bits per heavy atom. The molecule has 0 radical (unpaired) electrons. The van der Waals surface area contributed by atoms with Crippen LogP contribution in [0.15, 0.2) is 77.8 Å². The number of carbonyl (C=O) groups is 1. The van der Waals surface area contributed by atoms with Crippen molar-refractivity contribution in [3.8, 4) is 0 Å². The van der Waals surface area contributed by atoms with Crippen molar-refractivity contribution in [3.05, 3.63) is 84.3 Å². The molecule has 2 N–H and O–H groups in total. The topological polar surface area (TPSA) is 88.2 Å². The number of anilines is 2. The van der Waals surface area contributed by atoms with Gasteiger partial charge in [-0.05, 0) is 48.5 Å². The molecule has 1 aromatic heterocycles. The molecule has 2 aromatic carbocycles. The molecule has 132 valence electrons. The minimum atomic E-state index is -3.97. The lowest BCUT2D eigenvalue weighted by Gasteiger charge is -2.09. The summed E-state index contributed by atoms with van der Waals surface area (Å²) >= 11 is 0. The third-order valence-corrected chi connectivity index (χ3v) is 4.83. The molecular formula is C18H14FN3O3S. The van der Waals surface area contributed by atoms with Gasteiger partial charge in [-0.1, -0.05) is 18.2 Å². The third kappa shape index (κ3) is 4.04. The molecule has 0 aliphatic heterocycles. The maximum absolute atomic E-state index is 13.6. The van der Waals surface area contributed by atoms with Gasteiger partial charge in [-0.3, -0.25) is 9.52 Å². The normalized spacial score (nSPS) is 11.0. The lowest BCUT2D eigenvalue weighted by molar-refractivity contribution is 0.102. The van der Waals surface area contributed by atoms with Crippen LogP contribution in [0.2, 0.25) is 0 Å². The standard InChI is InChI=1S/C18H14FN3O3S/c19-15-5-1-2-6-16(15)22-26(24,25)14-10-8-13(9-11-14)18(23)21-17-7-3-4-12-20-17/h1-12,22H,(H,20,21,23). The summed E-state index contributed by atoms with van der Waals surface area (Å²) in [6, 6.07) is 15.8. The molecule has 3 aromatic rings. The van der Waals surface area contributed by atoms with Crippen molar-refractivity contribution in [1.29, 1.82) is 0 Å². The number of carbonyl (C=O) groups excluding carboxylic acids is 1. The number of amides is 1. The van der Waals surface area contributed by atoms with E-state index in [9.17, 15) is 17.6 Å². The molecule has 8 heteroatoms. The van der Waals surface area contributed by atoms with Gasteiger partial charge in [0.1, 0.15) is 11.6 Å². The summed E-state index contributed by atoms with van der Waals surface area (Å²) in [5, 5.41) is 2.60. The van der Waals surface area contributed by atoms with Crippen LogP contribution < -0.4 is 10.0 Å². The number of rotatable bonds is 5. The average molecular weight is 371 g/mol. The smallest absolute Gasteiger partial charge is 0.261 e. The van der Waals surface area contributed by atoms with Gasteiger partial charge in [-0.2, -0.15) is 0 Å². The fourth-order valence-electron chi connectivity index (χ4n) is 2.16. The zero-order valence-corrected chi connectivity index (χ0v) is 14.2. The van der Waals surface area contributed by atoms with E-state index in [1.165, 1.54) is 42.5 Å². The Bertz CT molecular complexity index is 1020. The first-order valence-corrected chi connectivity index (χ1v) is 9.04. The molecule has 26 heavy (non-hydrogen) atoms. The molecule has 0 unspecified atom stereocenters. The highest BCUT2D eigenvalue weighted by Gasteiger charge is 2.17. The summed E-state index contributed by atoms with van der Waals surface area (Å²) in [5.74, 6) is -0.715. The van der Waals surface area contributed by atoms with Gasteiger partial charge < -0.3 is 5.32 Å². The van der Waals surface area contributed by atoms with E-state index in [1.54, 1.807) is 24.4 Å². The third-order valence-electron chi connectivity index (χ3n) is 3.45. The quantitative estimate of drug-likeness (QED) is 0.720. The van der Waals surface area contributed by atoms with E-state index in [4.69, 9.17) is 0 Å². The van der Waals surface area contributed by atoms with E-state index >= 15 is 0 Å². The highest BCUT2D eigenvalue weighted by atomic mass is 32.2. The molecular weight excluding hydrogens is 357 g/mol. The number of sulfonamides is 1. The van der Waals surface area contributed by atoms with Crippen LogP contribution in [0.25, 0.3) is 0 Å². The van der Waals surface area contributed by atoms with E-state index in [0.717, 1.165) is 6.07 Å². The van der Waals surface area contributed by atoms with E-state index in [-0.39, 0.29) is 16.1 Å². The summed E-state index contributed by atoms with van der Waals surface area (Å²) < 4.78 is 40.5. The van der Waals surface area contributed by atoms with Gasteiger partial charge in [-0.15, -0.1) is 0 Å². The van der Waals surface area contributed by atoms with Gasteiger partial charge >= 0.3 is 0 Å². The summed E-state index contributed by atoms with van der Waals surface area (Å²) in [6.45, 7) is 0. The van der Waals surface area contributed by atoms with Gasteiger partial charge in [0.25, 0.3) is 15.9 Å². The first kappa shape index (κ1) is 17.6. The largest absolute Gasteiger partial charge is 0.307 e. The Labute approximate surface area is 149 Å². The van der Waals surface area contributed by atoms with Gasteiger partial charge in [0.2, 0.25) is 0 Å².